The van der Waals surface area contributed by atoms with Crippen LogP contribution in [-0.2, 0) is 0 Å². The molecule has 3 saturated heterocycles. The van der Waals surface area contributed by atoms with Crippen molar-refractivity contribution >= 4 is 0 Å². The number of hydrogen-bond acceptors (Lipinski definition) is 8. The fourth-order valence-electron chi connectivity index (χ4n) is 10.7. The molecule has 29 heavy (non-hydrogen) atoms. The molecule has 13 atom stereocenters. The van der Waals surface area contributed by atoms with Gasteiger partial charge in [-0.1, -0.05) is 19.1 Å². The Morgan fingerprint density at radius 1 is 1.07 bits per heavy atom. The minimum absolute atomic E-state index is 0.0358. The van der Waals surface area contributed by atoms with Gasteiger partial charge in [0.1, 0.15) is 0 Å². The van der Waals surface area contributed by atoms with Gasteiger partial charge in [-0.15, -0.1) is 0 Å². The molecule has 9 rings (SSSR count). The van der Waals surface area contributed by atoms with Crippen molar-refractivity contribution in [3.05, 3.63) is 12.2 Å². The van der Waals surface area contributed by atoms with Crippen LogP contribution in [0.2, 0.25) is 0 Å². The largest absolute Gasteiger partial charge is 0.393 e. The summed E-state index contributed by atoms with van der Waals surface area (Å²) in [7, 11) is -4.69. The molecule has 9 bridgehead atoms. The lowest BCUT2D eigenvalue weighted by atomic mass is 9.39. The first-order chi connectivity index (χ1) is 13.4. The summed E-state index contributed by atoms with van der Waals surface area (Å²) in [6.45, 7) is 7.72. The van der Waals surface area contributed by atoms with Gasteiger partial charge in [-0.25, -0.2) is 0 Å². The van der Waals surface area contributed by atoms with Crippen LogP contribution >= 0.6 is 0 Å². The van der Waals surface area contributed by atoms with Crippen LogP contribution in [0.3, 0.4) is 0 Å². The van der Waals surface area contributed by atoms with Crippen molar-refractivity contribution in [2.75, 3.05) is 6.54 Å². The second-order valence-corrected chi connectivity index (χ2v) is 12.0. The third kappa shape index (κ3) is 1.96. The highest BCUT2D eigenvalue weighted by Gasteiger charge is 2.90. The Morgan fingerprint density at radius 3 is 2.38 bits per heavy atom. The van der Waals surface area contributed by atoms with E-state index in [1.54, 1.807) is 0 Å². The maximum absolute atomic E-state index is 11.3. The molecule has 0 radical (unpaired) electrons. The van der Waals surface area contributed by atoms with E-state index in [0.29, 0.717) is 18.0 Å². The molecule has 4 N–H and O–H groups in total. The van der Waals surface area contributed by atoms with Crippen LogP contribution in [0.4, 0.5) is 0 Å². The van der Waals surface area contributed by atoms with Crippen LogP contribution in [0.25, 0.3) is 0 Å². The van der Waals surface area contributed by atoms with Crippen LogP contribution in [-0.4, -0.2) is 61.8 Å². The van der Waals surface area contributed by atoms with E-state index in [9.17, 15) is 15.3 Å². The molecular formula is C20H28ClNO7. The minimum Gasteiger partial charge on any atom is -0.393 e. The van der Waals surface area contributed by atoms with E-state index >= 15 is 0 Å². The van der Waals surface area contributed by atoms with Gasteiger partial charge in [0.15, 0.2) is 0 Å². The molecule has 5 unspecified atom stereocenters. The highest BCUT2D eigenvalue weighted by atomic mass is 35.7. The first kappa shape index (κ1) is 19.4. The van der Waals surface area contributed by atoms with Gasteiger partial charge in [-0.05, 0) is 53.8 Å². The number of aliphatic hydroxyl groups excluding tert-OH is 3. The van der Waals surface area contributed by atoms with Crippen LogP contribution in [0.15, 0.2) is 12.2 Å². The second-order valence-electron chi connectivity index (χ2n) is 11.2. The molecule has 2 spiro atoms. The van der Waals surface area contributed by atoms with E-state index in [1.807, 2.05) is 0 Å². The maximum atomic E-state index is 11.3. The molecule has 162 valence electrons. The zero-order valence-electron chi connectivity index (χ0n) is 16.3. The molecule has 8 nitrogen and oxygen atoms in total. The Morgan fingerprint density at radius 2 is 1.72 bits per heavy atom. The number of rotatable bonds is 0. The summed E-state index contributed by atoms with van der Waals surface area (Å²) in [5.41, 5.74) is 1.37. The fourth-order valence-corrected chi connectivity index (χ4v) is 10.7. The molecule has 9 heteroatoms. The van der Waals surface area contributed by atoms with Gasteiger partial charge in [0.2, 0.25) is 0 Å². The Labute approximate surface area is 171 Å². The number of aliphatic hydroxyl groups is 3. The predicted molar refractivity (Wildman–Crippen MR) is 89.1 cm³/mol. The first-order valence-corrected chi connectivity index (χ1v) is 11.7. The molecule has 3 heterocycles. The van der Waals surface area contributed by atoms with Crippen LogP contribution in [0.5, 0.6) is 0 Å². The van der Waals surface area contributed by atoms with Gasteiger partial charge in [0, 0.05) is 30.5 Å². The average Bonchev–Trinajstić information content (AvgIpc) is 2.94. The van der Waals surface area contributed by atoms with Crippen molar-refractivity contribution < 1.29 is 44.2 Å². The van der Waals surface area contributed by atoms with E-state index in [0.717, 1.165) is 37.8 Å². The summed E-state index contributed by atoms with van der Waals surface area (Å²) in [6.07, 6.45) is 2.76. The topological polar surface area (TPSA) is 153 Å². The van der Waals surface area contributed by atoms with Crippen molar-refractivity contribution in [3.8, 4) is 0 Å². The van der Waals surface area contributed by atoms with Crippen molar-refractivity contribution in [1.82, 2.24) is 4.90 Å². The first-order valence-electron chi connectivity index (χ1n) is 10.5. The SMILES string of the molecule is C=C1CC23C[C@@H]4[C@H]5C67C[C@@H](O)C[C@@]5(C)CN4C6[C@H]2[C@H](O)C1[C@@H](O)[C@H]37.[O-][Cl+3]([O-])([O-])O. The molecule has 0 aromatic heterocycles. The predicted octanol–water partition coefficient (Wildman–Crippen LogP) is -3.36. The highest BCUT2D eigenvalue weighted by Crippen LogP contribution is 2.86. The monoisotopic (exact) mass is 429 g/mol. The third-order valence-electron chi connectivity index (χ3n) is 10.1. The highest BCUT2D eigenvalue weighted by molar-refractivity contribution is 5.43. The number of piperidine rings is 2. The fraction of sp³-hybridized carbons (Fsp3) is 0.900. The summed E-state index contributed by atoms with van der Waals surface area (Å²) in [5, 5.41) is 33.3. The van der Waals surface area contributed by atoms with Gasteiger partial charge in [-0.3, -0.25) is 4.90 Å². The quantitative estimate of drug-likeness (QED) is 0.291. The van der Waals surface area contributed by atoms with Gasteiger partial charge < -0.3 is 15.3 Å². The molecule has 6 saturated carbocycles. The van der Waals surface area contributed by atoms with Crippen molar-refractivity contribution in [3.63, 3.8) is 0 Å². The van der Waals surface area contributed by atoms with Crippen molar-refractivity contribution in [2.45, 2.75) is 63.0 Å². The molecule has 0 amide bonds. The zero-order chi connectivity index (χ0) is 20.9. The van der Waals surface area contributed by atoms with E-state index < -0.39 is 22.5 Å². The van der Waals surface area contributed by atoms with Gasteiger partial charge in [0.05, 0.1) is 33.2 Å². The average molecular weight is 430 g/mol. The van der Waals surface area contributed by atoms with Crippen molar-refractivity contribution in [2.24, 2.45) is 39.9 Å². The molecule has 0 aromatic rings. The van der Waals surface area contributed by atoms with E-state index in [1.165, 1.54) is 0 Å². The Kier molecular flexibility index (Phi) is 3.47. The van der Waals surface area contributed by atoms with Crippen LogP contribution < -0.4 is 14.0 Å². The summed E-state index contributed by atoms with van der Waals surface area (Å²) in [6, 6.07) is 0.999. The zero-order valence-corrected chi connectivity index (χ0v) is 17.0. The molecule has 6 aliphatic carbocycles. The van der Waals surface area contributed by atoms with E-state index in [-0.39, 0.29) is 40.1 Å². The summed E-state index contributed by atoms with van der Waals surface area (Å²) < 4.78 is 32.7. The molecular weight excluding hydrogens is 402 g/mol. The summed E-state index contributed by atoms with van der Waals surface area (Å²) in [4.78, 5) is 2.73. The maximum Gasteiger partial charge on any atom is 0.0777 e. The van der Waals surface area contributed by atoms with Crippen molar-refractivity contribution in [1.29, 1.82) is 0 Å². The number of halogens is 1. The summed E-state index contributed by atoms with van der Waals surface area (Å²) in [5.74, 6) is 1.02. The lowest BCUT2D eigenvalue weighted by Gasteiger charge is -2.65. The minimum atomic E-state index is -4.69. The Balaban J connectivity index is 0.000000300. The Bertz CT molecular complexity index is 798. The van der Waals surface area contributed by atoms with Gasteiger partial charge >= 0.3 is 0 Å². The van der Waals surface area contributed by atoms with E-state index in [2.05, 4.69) is 18.4 Å². The number of hydrogen-bond donors (Lipinski definition) is 4. The third-order valence-corrected chi connectivity index (χ3v) is 10.1. The van der Waals surface area contributed by atoms with Gasteiger partial charge in [-0.2, -0.15) is 14.0 Å². The molecule has 9 fully saturated rings. The van der Waals surface area contributed by atoms with Gasteiger partial charge in [0.25, 0.3) is 0 Å². The lowest BCUT2D eigenvalue weighted by molar-refractivity contribution is -1.92. The smallest absolute Gasteiger partial charge is 0.0777 e. The van der Waals surface area contributed by atoms with Crippen LogP contribution in [0, 0.1) is 50.2 Å². The van der Waals surface area contributed by atoms with E-state index in [4.69, 9.17) is 18.6 Å². The lowest BCUT2D eigenvalue weighted by Crippen LogP contribution is -2.67. The summed E-state index contributed by atoms with van der Waals surface area (Å²) >= 11 is 0. The molecule has 3 aliphatic heterocycles. The number of fused-ring (bicyclic) bond motifs is 1. The Hall–Kier alpha value is -0.290. The standard InChI is InChI=1S/C20H27NO3.ClHO4/c1-8-3-19-6-10-15-18(2)4-9(22)5-20(15)16(19)14(24)11(8)13(23)12(19)17(20)21(10)7-18;2-1(3,4)5/h9-17,22-24H,1,3-7H2,2H3;(H,2,3,4,5)/t9-,10+,11?,12+,13+,14+,15+,16+,17?,18-,19?,20?;/m0./s1. The second kappa shape index (κ2) is 5.19. The molecule has 0 aromatic carbocycles. The normalized spacial score (nSPS) is 65.0. The number of nitrogens with zero attached hydrogens (tertiary/aromatic N) is 1. The van der Waals surface area contributed by atoms with Crippen LogP contribution in [0.1, 0.15) is 32.6 Å². The molecule has 9 aliphatic rings.